The molecule has 0 unspecified atom stereocenters. The van der Waals surface area contributed by atoms with Crippen molar-refractivity contribution < 1.29 is 19.2 Å². The molecule has 6 rings (SSSR count). The summed E-state index contributed by atoms with van der Waals surface area (Å²) in [4.78, 5) is 22.6. The van der Waals surface area contributed by atoms with Crippen LogP contribution in [0.5, 0.6) is 11.5 Å². The van der Waals surface area contributed by atoms with Gasteiger partial charge in [0.25, 0.3) is 5.91 Å². The second-order valence-electron chi connectivity index (χ2n) is 10.4. The van der Waals surface area contributed by atoms with E-state index in [4.69, 9.17) is 9.47 Å². The Morgan fingerprint density at radius 1 is 1.03 bits per heavy atom. The van der Waals surface area contributed by atoms with E-state index in [-0.39, 0.29) is 12.5 Å². The molecule has 35 heavy (non-hydrogen) atoms. The van der Waals surface area contributed by atoms with Crippen LogP contribution in [0.1, 0.15) is 56.6 Å². The van der Waals surface area contributed by atoms with E-state index in [0.717, 1.165) is 29.6 Å². The molecule has 2 aromatic rings. The lowest BCUT2D eigenvalue weighted by Gasteiger charge is -2.57. The molecule has 4 fully saturated rings. The first-order valence-electron chi connectivity index (χ1n) is 12.5. The van der Waals surface area contributed by atoms with Gasteiger partial charge in [-0.25, -0.2) is 0 Å². The fourth-order valence-corrected chi connectivity index (χ4v) is 6.87. The van der Waals surface area contributed by atoms with E-state index in [1.807, 2.05) is 19.1 Å². The van der Waals surface area contributed by atoms with E-state index in [1.54, 1.807) is 18.2 Å². The molecule has 4 aliphatic carbocycles. The van der Waals surface area contributed by atoms with E-state index in [1.165, 1.54) is 50.2 Å². The van der Waals surface area contributed by atoms with E-state index >= 15 is 0 Å². The molecule has 2 aromatic carbocycles. The van der Waals surface area contributed by atoms with Gasteiger partial charge in [0.15, 0.2) is 18.1 Å². The van der Waals surface area contributed by atoms with Gasteiger partial charge in [0.1, 0.15) is 0 Å². The molecule has 1 N–H and O–H groups in total. The van der Waals surface area contributed by atoms with Crippen LogP contribution in [0.15, 0.2) is 48.7 Å². The quantitative estimate of drug-likeness (QED) is 0.364. The number of ether oxygens (including phenoxy) is 2. The molecular formula is C28H32N2O5. The maximum atomic E-state index is 12.5. The summed E-state index contributed by atoms with van der Waals surface area (Å²) in [6.07, 6.45) is 10.5. The second kappa shape index (κ2) is 9.72. The van der Waals surface area contributed by atoms with Crippen molar-refractivity contribution in [1.29, 1.82) is 0 Å². The maximum absolute atomic E-state index is 12.5. The van der Waals surface area contributed by atoms with Crippen LogP contribution in [0, 0.1) is 27.9 Å². The predicted octanol–water partition coefficient (Wildman–Crippen LogP) is 5.82. The summed E-state index contributed by atoms with van der Waals surface area (Å²) in [7, 11) is 0. The van der Waals surface area contributed by atoms with Crippen LogP contribution in [-0.2, 0) is 10.2 Å². The Morgan fingerprint density at radius 2 is 1.69 bits per heavy atom. The number of carbonyl (C=O) groups is 1. The van der Waals surface area contributed by atoms with Gasteiger partial charge in [0, 0.05) is 11.8 Å². The smallest absolute Gasteiger partial charge is 0.262 e. The second-order valence-corrected chi connectivity index (χ2v) is 10.4. The Kier molecular flexibility index (Phi) is 6.50. The average molecular weight is 477 g/mol. The first-order valence-corrected chi connectivity index (χ1v) is 12.5. The number of nitro groups is 1. The Bertz CT molecular complexity index is 1090. The fourth-order valence-electron chi connectivity index (χ4n) is 6.87. The first-order chi connectivity index (χ1) is 16.9. The van der Waals surface area contributed by atoms with Crippen LogP contribution in [0.3, 0.4) is 0 Å². The number of hydrogen-bond donors (Lipinski definition) is 1. The van der Waals surface area contributed by atoms with Gasteiger partial charge in [-0.3, -0.25) is 14.9 Å². The van der Waals surface area contributed by atoms with E-state index < -0.39 is 4.92 Å². The van der Waals surface area contributed by atoms with Crippen molar-refractivity contribution in [2.45, 2.75) is 50.9 Å². The van der Waals surface area contributed by atoms with Crippen molar-refractivity contribution in [2.75, 3.05) is 18.5 Å². The van der Waals surface area contributed by atoms with Crippen LogP contribution in [0.25, 0.3) is 6.08 Å². The summed E-state index contributed by atoms with van der Waals surface area (Å²) in [5, 5.41) is 13.5. The molecule has 0 spiro atoms. The molecule has 4 aliphatic rings. The highest BCUT2D eigenvalue weighted by molar-refractivity contribution is 5.91. The fraction of sp³-hybridized carbons (Fsp3) is 0.464. The molecule has 0 aliphatic heterocycles. The Labute approximate surface area is 205 Å². The SMILES string of the molecule is CCOc1cc(/C=C\[N+](=O)[O-])ccc1OCC(=O)Nc1ccc(C23CC4CC(CC(C4)C2)C3)cc1. The van der Waals surface area contributed by atoms with Crippen LogP contribution >= 0.6 is 0 Å². The topological polar surface area (TPSA) is 90.7 Å². The van der Waals surface area contributed by atoms with Crippen molar-refractivity contribution in [3.63, 3.8) is 0 Å². The number of carbonyl (C=O) groups excluding carboxylic acids is 1. The van der Waals surface area contributed by atoms with Gasteiger partial charge in [-0.1, -0.05) is 18.2 Å². The summed E-state index contributed by atoms with van der Waals surface area (Å²) in [6, 6.07) is 13.4. The molecular weight excluding hydrogens is 444 g/mol. The number of benzene rings is 2. The van der Waals surface area contributed by atoms with Crippen molar-refractivity contribution in [3.8, 4) is 11.5 Å². The first kappa shape index (κ1) is 23.4. The highest BCUT2D eigenvalue weighted by Crippen LogP contribution is 2.60. The summed E-state index contributed by atoms with van der Waals surface area (Å²) in [5.74, 6) is 3.29. The molecule has 0 atom stereocenters. The van der Waals surface area contributed by atoms with Crippen LogP contribution < -0.4 is 14.8 Å². The molecule has 184 valence electrons. The van der Waals surface area contributed by atoms with Crippen molar-refractivity contribution in [3.05, 3.63) is 69.9 Å². The van der Waals surface area contributed by atoms with Crippen molar-refractivity contribution >= 4 is 17.7 Å². The summed E-state index contributed by atoms with van der Waals surface area (Å²) in [5.41, 5.74) is 3.15. The van der Waals surface area contributed by atoms with Gasteiger partial charge in [-0.15, -0.1) is 0 Å². The van der Waals surface area contributed by atoms with Gasteiger partial charge in [0.2, 0.25) is 6.20 Å². The van der Waals surface area contributed by atoms with Crippen molar-refractivity contribution in [1.82, 2.24) is 0 Å². The predicted molar refractivity (Wildman–Crippen MR) is 134 cm³/mol. The minimum atomic E-state index is -0.523. The number of nitrogens with one attached hydrogen (secondary N) is 1. The number of amides is 1. The van der Waals surface area contributed by atoms with Gasteiger partial charge >= 0.3 is 0 Å². The third-order valence-electron chi connectivity index (χ3n) is 7.83. The van der Waals surface area contributed by atoms with E-state index in [2.05, 4.69) is 17.4 Å². The van der Waals surface area contributed by atoms with Crippen molar-refractivity contribution in [2.24, 2.45) is 17.8 Å². The van der Waals surface area contributed by atoms with E-state index in [0.29, 0.717) is 29.1 Å². The number of anilines is 1. The van der Waals surface area contributed by atoms with Crippen LogP contribution in [0.4, 0.5) is 5.69 Å². The monoisotopic (exact) mass is 476 g/mol. The molecule has 0 saturated heterocycles. The molecule has 0 aromatic heterocycles. The normalized spacial score (nSPS) is 26.6. The maximum Gasteiger partial charge on any atom is 0.262 e. The Hall–Kier alpha value is -3.35. The number of rotatable bonds is 9. The lowest BCUT2D eigenvalue weighted by Crippen LogP contribution is -2.48. The zero-order chi connectivity index (χ0) is 24.4. The molecule has 7 nitrogen and oxygen atoms in total. The minimum absolute atomic E-state index is 0.166. The molecule has 4 bridgehead atoms. The highest BCUT2D eigenvalue weighted by Gasteiger charge is 2.51. The molecule has 0 radical (unpaired) electrons. The summed E-state index contributed by atoms with van der Waals surface area (Å²) < 4.78 is 11.3. The Morgan fingerprint density at radius 3 is 2.29 bits per heavy atom. The minimum Gasteiger partial charge on any atom is -0.490 e. The summed E-state index contributed by atoms with van der Waals surface area (Å²) >= 11 is 0. The highest BCUT2D eigenvalue weighted by atomic mass is 16.6. The Balaban J connectivity index is 1.19. The molecule has 7 heteroatoms. The zero-order valence-electron chi connectivity index (χ0n) is 20.1. The average Bonchev–Trinajstić information content (AvgIpc) is 2.82. The van der Waals surface area contributed by atoms with Crippen LogP contribution in [-0.4, -0.2) is 24.0 Å². The molecule has 0 heterocycles. The number of hydrogen-bond acceptors (Lipinski definition) is 5. The lowest BCUT2D eigenvalue weighted by atomic mass is 9.48. The van der Waals surface area contributed by atoms with E-state index in [9.17, 15) is 14.9 Å². The molecule has 1 amide bonds. The third-order valence-corrected chi connectivity index (χ3v) is 7.83. The van der Waals surface area contributed by atoms with Gasteiger partial charge in [-0.2, -0.15) is 0 Å². The van der Waals surface area contributed by atoms with Crippen LogP contribution in [0.2, 0.25) is 0 Å². The van der Waals surface area contributed by atoms with Gasteiger partial charge in [-0.05, 0) is 104 Å². The van der Waals surface area contributed by atoms with Gasteiger partial charge < -0.3 is 14.8 Å². The van der Waals surface area contributed by atoms with Gasteiger partial charge in [0.05, 0.1) is 11.5 Å². The summed E-state index contributed by atoms with van der Waals surface area (Å²) in [6.45, 7) is 2.07. The number of nitrogens with zero attached hydrogens (tertiary/aromatic N) is 1. The standard InChI is InChI=1S/C28H32N2O5/c1-2-34-26-14-19(9-10-30(32)33)3-8-25(26)35-18-27(31)29-24-6-4-23(5-7-24)28-15-20-11-21(16-28)13-22(12-20)17-28/h3-10,14,20-22H,2,11-13,15-18H2,1H3,(H,29,31)/b10-9-. The molecule has 4 saturated carbocycles. The zero-order valence-corrected chi connectivity index (χ0v) is 20.1. The third kappa shape index (κ3) is 5.19. The lowest BCUT2D eigenvalue weighted by molar-refractivity contribution is -0.400. The largest absolute Gasteiger partial charge is 0.490 e.